The molecule has 0 aliphatic carbocycles. The van der Waals surface area contributed by atoms with Crippen LogP contribution in [0, 0.1) is 13.8 Å². The molecule has 0 aliphatic heterocycles. The van der Waals surface area contributed by atoms with Crippen molar-refractivity contribution in [2.24, 2.45) is 0 Å². The number of aryl methyl sites for hydroxylation is 2. The summed E-state index contributed by atoms with van der Waals surface area (Å²) < 4.78 is 0. The lowest BCUT2D eigenvalue weighted by Crippen LogP contribution is -2.35. The summed E-state index contributed by atoms with van der Waals surface area (Å²) in [7, 11) is 3.58. The zero-order valence-corrected chi connectivity index (χ0v) is 9.11. The normalized spacial score (nSPS) is 9.71. The fourth-order valence-corrected chi connectivity index (χ4v) is 1.18. The molecule has 0 N–H and O–H groups in total. The minimum Gasteiger partial charge on any atom is -0.287 e. The Morgan fingerprint density at radius 2 is 1.79 bits per heavy atom. The van der Waals surface area contributed by atoms with Crippen molar-refractivity contribution >= 4 is 12.1 Å². The van der Waals surface area contributed by atoms with Crippen molar-refractivity contribution in [2.45, 2.75) is 13.8 Å². The van der Waals surface area contributed by atoms with E-state index in [0.717, 1.165) is 12.1 Å². The van der Waals surface area contributed by atoms with Crippen LogP contribution in [0.5, 0.6) is 0 Å². The van der Waals surface area contributed by atoms with E-state index < -0.39 is 0 Å². The van der Waals surface area contributed by atoms with Gasteiger partial charge >= 0.3 is 0 Å². The Hall–Kier alpha value is -1.51. The monoisotopic (exact) mass is 192 g/mol. The number of hydrogen-bond acceptors (Lipinski definition) is 2. The van der Waals surface area contributed by atoms with Crippen LogP contribution in [0.1, 0.15) is 11.1 Å². The number of nitrogens with zero attached hydrogens (tertiary/aromatic N) is 2. The van der Waals surface area contributed by atoms with Crippen molar-refractivity contribution < 1.29 is 4.79 Å². The van der Waals surface area contributed by atoms with E-state index in [-0.39, 0.29) is 0 Å². The first kappa shape index (κ1) is 10.6. The number of anilines is 1. The van der Waals surface area contributed by atoms with Gasteiger partial charge in [-0.15, -0.1) is 0 Å². The third-order valence-corrected chi connectivity index (χ3v) is 2.49. The lowest BCUT2D eigenvalue weighted by molar-refractivity contribution is -0.117. The number of amides is 1. The molecule has 0 fully saturated rings. The molecule has 0 saturated carbocycles. The fourth-order valence-electron chi connectivity index (χ4n) is 1.18. The molecular formula is C11H16N2O. The van der Waals surface area contributed by atoms with E-state index in [1.807, 2.05) is 13.1 Å². The molecule has 3 nitrogen and oxygen atoms in total. The molecule has 0 bridgehead atoms. The van der Waals surface area contributed by atoms with E-state index in [1.165, 1.54) is 16.1 Å². The molecule has 1 aromatic carbocycles. The van der Waals surface area contributed by atoms with Crippen LogP contribution in [0.4, 0.5) is 5.69 Å². The molecule has 0 saturated heterocycles. The predicted molar refractivity (Wildman–Crippen MR) is 58.1 cm³/mol. The molecule has 0 unspecified atom stereocenters. The van der Waals surface area contributed by atoms with Crippen LogP contribution in [0.3, 0.4) is 0 Å². The van der Waals surface area contributed by atoms with E-state index in [1.54, 1.807) is 12.1 Å². The molecule has 14 heavy (non-hydrogen) atoms. The van der Waals surface area contributed by atoms with Gasteiger partial charge in [0.25, 0.3) is 0 Å². The highest BCUT2D eigenvalue weighted by molar-refractivity contribution is 5.56. The zero-order valence-electron chi connectivity index (χ0n) is 9.11. The summed E-state index contributed by atoms with van der Waals surface area (Å²) in [5.74, 6) is 0. The van der Waals surface area contributed by atoms with Gasteiger partial charge in [-0.05, 0) is 37.1 Å². The molecule has 1 aromatic rings. The first-order valence-corrected chi connectivity index (χ1v) is 4.55. The molecule has 1 amide bonds. The van der Waals surface area contributed by atoms with Gasteiger partial charge < -0.3 is 0 Å². The number of rotatable bonds is 3. The first-order chi connectivity index (χ1) is 6.56. The minimum absolute atomic E-state index is 0.787. The number of carbonyl (C=O) groups excluding carboxylic acids is 1. The Kier molecular flexibility index (Phi) is 3.12. The van der Waals surface area contributed by atoms with Crippen LogP contribution in [0.2, 0.25) is 0 Å². The van der Waals surface area contributed by atoms with Gasteiger partial charge in [0.15, 0.2) is 0 Å². The average molecular weight is 192 g/mol. The van der Waals surface area contributed by atoms with E-state index in [9.17, 15) is 4.79 Å². The highest BCUT2D eigenvalue weighted by Gasteiger charge is 2.05. The Morgan fingerprint density at radius 1 is 1.14 bits per heavy atom. The quantitative estimate of drug-likeness (QED) is 0.538. The zero-order chi connectivity index (χ0) is 10.7. The van der Waals surface area contributed by atoms with Gasteiger partial charge in [0.05, 0.1) is 5.69 Å². The third kappa shape index (κ3) is 2.05. The van der Waals surface area contributed by atoms with E-state index in [0.29, 0.717) is 0 Å². The van der Waals surface area contributed by atoms with Crippen LogP contribution in [-0.4, -0.2) is 25.5 Å². The maximum atomic E-state index is 10.6. The summed E-state index contributed by atoms with van der Waals surface area (Å²) >= 11 is 0. The molecule has 1 rings (SSSR count). The van der Waals surface area contributed by atoms with Gasteiger partial charge in [-0.3, -0.25) is 14.8 Å². The second-order valence-corrected chi connectivity index (χ2v) is 3.47. The average Bonchev–Trinajstić information content (AvgIpc) is 2.20. The van der Waals surface area contributed by atoms with Crippen LogP contribution in [0.15, 0.2) is 18.2 Å². The maximum absolute atomic E-state index is 10.6. The topological polar surface area (TPSA) is 23.6 Å². The van der Waals surface area contributed by atoms with Crippen LogP contribution in [0.25, 0.3) is 0 Å². The van der Waals surface area contributed by atoms with Crippen LogP contribution >= 0.6 is 0 Å². The van der Waals surface area contributed by atoms with E-state index in [2.05, 4.69) is 26.0 Å². The Balaban J connectivity index is 2.96. The molecule has 3 heteroatoms. The number of carbonyl (C=O) groups is 1. The van der Waals surface area contributed by atoms with E-state index >= 15 is 0 Å². The van der Waals surface area contributed by atoms with Crippen molar-refractivity contribution in [3.05, 3.63) is 29.3 Å². The predicted octanol–water partition coefficient (Wildman–Crippen LogP) is 1.74. The van der Waals surface area contributed by atoms with E-state index in [4.69, 9.17) is 0 Å². The molecule has 0 aliphatic rings. The second-order valence-electron chi connectivity index (χ2n) is 3.47. The van der Waals surface area contributed by atoms with Crippen molar-refractivity contribution in [1.29, 1.82) is 0 Å². The second kappa shape index (κ2) is 4.13. The summed E-state index contributed by atoms with van der Waals surface area (Å²) in [6.45, 7) is 4.14. The summed E-state index contributed by atoms with van der Waals surface area (Å²) in [6.07, 6.45) is 0.787. The molecular weight excluding hydrogens is 176 g/mol. The van der Waals surface area contributed by atoms with Crippen LogP contribution in [-0.2, 0) is 4.79 Å². The molecule has 0 atom stereocenters. The van der Waals surface area contributed by atoms with Gasteiger partial charge in [0, 0.05) is 14.1 Å². The number of benzene rings is 1. The standard InChI is InChI=1S/C11H16N2O/c1-9-5-6-11(7-10(9)2)13(4)12(3)8-14/h5-8H,1-4H3. The highest BCUT2D eigenvalue weighted by atomic mass is 16.1. The SMILES string of the molecule is Cc1ccc(N(C)N(C)C=O)cc1C. The lowest BCUT2D eigenvalue weighted by Gasteiger charge is -2.26. The number of hydrogen-bond donors (Lipinski definition) is 0. The summed E-state index contributed by atoms with van der Waals surface area (Å²) in [5, 5.41) is 3.31. The van der Waals surface area contributed by atoms with Crippen molar-refractivity contribution in [3.63, 3.8) is 0 Å². The van der Waals surface area contributed by atoms with Crippen molar-refractivity contribution in [2.75, 3.05) is 19.1 Å². The Labute approximate surface area is 84.9 Å². The lowest BCUT2D eigenvalue weighted by atomic mass is 10.1. The van der Waals surface area contributed by atoms with Gasteiger partial charge in [0.1, 0.15) is 0 Å². The largest absolute Gasteiger partial charge is 0.287 e. The molecule has 0 spiro atoms. The minimum atomic E-state index is 0.787. The molecule has 76 valence electrons. The third-order valence-electron chi connectivity index (χ3n) is 2.49. The molecule has 0 radical (unpaired) electrons. The summed E-state index contributed by atoms with van der Waals surface area (Å²) in [5.41, 5.74) is 3.51. The molecule has 0 aromatic heterocycles. The van der Waals surface area contributed by atoms with Gasteiger partial charge in [-0.25, -0.2) is 0 Å². The first-order valence-electron chi connectivity index (χ1n) is 4.55. The van der Waals surface area contributed by atoms with Gasteiger partial charge in [0.2, 0.25) is 6.41 Å². The molecule has 0 heterocycles. The Morgan fingerprint density at radius 3 is 2.29 bits per heavy atom. The highest BCUT2D eigenvalue weighted by Crippen LogP contribution is 2.17. The summed E-state index contributed by atoms with van der Waals surface area (Å²) in [6, 6.07) is 6.12. The summed E-state index contributed by atoms with van der Waals surface area (Å²) in [4.78, 5) is 10.6. The van der Waals surface area contributed by atoms with Gasteiger partial charge in [-0.2, -0.15) is 0 Å². The van der Waals surface area contributed by atoms with Crippen LogP contribution < -0.4 is 5.01 Å². The number of hydrazine groups is 1. The maximum Gasteiger partial charge on any atom is 0.228 e. The van der Waals surface area contributed by atoms with Crippen molar-refractivity contribution in [1.82, 2.24) is 5.01 Å². The van der Waals surface area contributed by atoms with Gasteiger partial charge in [-0.1, -0.05) is 6.07 Å². The smallest absolute Gasteiger partial charge is 0.228 e. The fraction of sp³-hybridized carbons (Fsp3) is 0.364. The Bertz CT molecular complexity index is 336. The van der Waals surface area contributed by atoms with Crippen molar-refractivity contribution in [3.8, 4) is 0 Å².